The summed E-state index contributed by atoms with van der Waals surface area (Å²) in [6, 6.07) is 4.15. The molecular formula is C15H17ClN4O4S2. The lowest BCUT2D eigenvalue weighted by Gasteiger charge is -2.31. The molecule has 0 spiro atoms. The molecule has 2 aromatic rings. The van der Waals surface area contributed by atoms with E-state index in [1.807, 2.05) is 0 Å². The van der Waals surface area contributed by atoms with Crippen LogP contribution in [0.2, 0.25) is 5.02 Å². The second-order valence-electron chi connectivity index (χ2n) is 5.95. The van der Waals surface area contributed by atoms with E-state index >= 15 is 0 Å². The number of aromatic nitrogens is 2. The standard InChI is InChI=1S/C15H17ClN4O4S2/c16-11-1-2-12(15(22)20-5-3-10(8-21)4-6-20)13(7-11)26(23,24)18-14-9-25-19-17-14/h1-2,7,9-10,18,21H,3-6,8H2. The predicted molar refractivity (Wildman–Crippen MR) is 97.9 cm³/mol. The summed E-state index contributed by atoms with van der Waals surface area (Å²) in [4.78, 5) is 14.3. The first kappa shape index (κ1) is 19.0. The fourth-order valence-electron chi connectivity index (χ4n) is 2.79. The number of rotatable bonds is 5. The van der Waals surface area contributed by atoms with E-state index in [4.69, 9.17) is 11.6 Å². The van der Waals surface area contributed by atoms with Crippen LogP contribution in [0.15, 0.2) is 28.5 Å². The van der Waals surface area contributed by atoms with Crippen LogP contribution in [0.25, 0.3) is 0 Å². The molecule has 0 atom stereocenters. The molecule has 2 N–H and O–H groups in total. The molecule has 26 heavy (non-hydrogen) atoms. The summed E-state index contributed by atoms with van der Waals surface area (Å²) < 4.78 is 31.4. The molecule has 140 valence electrons. The van der Waals surface area contributed by atoms with Crippen molar-refractivity contribution in [3.63, 3.8) is 0 Å². The van der Waals surface area contributed by atoms with Crippen LogP contribution in [0.4, 0.5) is 5.82 Å². The van der Waals surface area contributed by atoms with E-state index in [0.717, 1.165) is 11.5 Å². The van der Waals surface area contributed by atoms with Crippen molar-refractivity contribution in [3.05, 3.63) is 34.2 Å². The number of piperidine rings is 1. The van der Waals surface area contributed by atoms with Gasteiger partial charge in [-0.15, -0.1) is 5.10 Å². The summed E-state index contributed by atoms with van der Waals surface area (Å²) in [5.74, 6) is -0.127. The highest BCUT2D eigenvalue weighted by molar-refractivity contribution is 7.92. The zero-order valence-electron chi connectivity index (χ0n) is 13.6. The second-order valence-corrected chi connectivity index (χ2v) is 8.65. The van der Waals surface area contributed by atoms with Gasteiger partial charge in [0.05, 0.1) is 10.9 Å². The monoisotopic (exact) mass is 416 g/mol. The molecule has 1 aromatic heterocycles. The van der Waals surface area contributed by atoms with E-state index in [0.29, 0.717) is 25.9 Å². The number of benzene rings is 1. The Kier molecular flexibility index (Phi) is 5.76. The maximum Gasteiger partial charge on any atom is 0.263 e. The molecule has 1 aromatic carbocycles. The number of nitrogens with one attached hydrogen (secondary N) is 1. The van der Waals surface area contributed by atoms with E-state index in [-0.39, 0.29) is 39.7 Å². The lowest BCUT2D eigenvalue weighted by Crippen LogP contribution is -2.39. The molecule has 11 heteroatoms. The van der Waals surface area contributed by atoms with Gasteiger partial charge in [-0.1, -0.05) is 16.1 Å². The van der Waals surface area contributed by atoms with Crippen molar-refractivity contribution in [2.75, 3.05) is 24.4 Å². The van der Waals surface area contributed by atoms with E-state index in [1.165, 1.54) is 23.6 Å². The summed E-state index contributed by atoms with van der Waals surface area (Å²) in [6.07, 6.45) is 1.36. The van der Waals surface area contributed by atoms with E-state index in [1.54, 1.807) is 4.90 Å². The summed E-state index contributed by atoms with van der Waals surface area (Å²) in [5, 5.41) is 14.5. The minimum absolute atomic E-state index is 0.0486. The van der Waals surface area contributed by atoms with Crippen LogP contribution < -0.4 is 4.72 Å². The minimum Gasteiger partial charge on any atom is -0.396 e. The molecule has 0 aliphatic carbocycles. The number of carbonyl (C=O) groups is 1. The molecule has 3 rings (SSSR count). The molecule has 2 heterocycles. The van der Waals surface area contributed by atoms with Gasteiger partial charge >= 0.3 is 0 Å². The fraction of sp³-hybridized carbons (Fsp3) is 0.400. The van der Waals surface area contributed by atoms with Crippen LogP contribution in [0.3, 0.4) is 0 Å². The third kappa shape index (κ3) is 4.14. The average molecular weight is 417 g/mol. The fourth-order valence-corrected chi connectivity index (χ4v) is 4.70. The minimum atomic E-state index is -4.05. The third-order valence-electron chi connectivity index (χ3n) is 4.22. The van der Waals surface area contributed by atoms with Crippen molar-refractivity contribution < 1.29 is 18.3 Å². The van der Waals surface area contributed by atoms with Crippen molar-refractivity contribution >= 4 is 44.9 Å². The highest BCUT2D eigenvalue weighted by Crippen LogP contribution is 2.26. The van der Waals surface area contributed by atoms with Crippen LogP contribution in [-0.2, 0) is 10.0 Å². The van der Waals surface area contributed by atoms with Gasteiger partial charge in [0, 0.05) is 24.7 Å². The molecule has 1 saturated heterocycles. The lowest BCUT2D eigenvalue weighted by atomic mass is 9.97. The highest BCUT2D eigenvalue weighted by atomic mass is 35.5. The number of anilines is 1. The number of nitrogens with zero attached hydrogens (tertiary/aromatic N) is 3. The Labute approximate surface area is 160 Å². The summed E-state index contributed by atoms with van der Waals surface area (Å²) in [7, 11) is -4.05. The Morgan fingerprint density at radius 3 is 2.73 bits per heavy atom. The number of aliphatic hydroxyl groups excluding tert-OH is 1. The first-order valence-electron chi connectivity index (χ1n) is 7.90. The number of hydrogen-bond donors (Lipinski definition) is 2. The number of aliphatic hydroxyl groups is 1. The van der Waals surface area contributed by atoms with Crippen LogP contribution >= 0.6 is 23.1 Å². The number of halogens is 1. The van der Waals surface area contributed by atoms with E-state index < -0.39 is 10.0 Å². The predicted octanol–water partition coefficient (Wildman–Crippen LogP) is 1.84. The van der Waals surface area contributed by atoms with Crippen molar-refractivity contribution in [1.82, 2.24) is 14.5 Å². The zero-order chi connectivity index (χ0) is 18.7. The Bertz CT molecular complexity index is 881. The molecule has 8 nitrogen and oxygen atoms in total. The molecule has 1 amide bonds. The molecule has 0 saturated carbocycles. The SMILES string of the molecule is O=C(c1ccc(Cl)cc1S(=O)(=O)Nc1csnn1)N1CCC(CO)CC1. The highest BCUT2D eigenvalue weighted by Gasteiger charge is 2.29. The first-order valence-corrected chi connectivity index (χ1v) is 10.6. The van der Waals surface area contributed by atoms with Gasteiger partial charge in [0.25, 0.3) is 15.9 Å². The summed E-state index contributed by atoms with van der Waals surface area (Å²) in [6.45, 7) is 1.03. The Morgan fingerprint density at radius 1 is 1.38 bits per heavy atom. The number of carbonyl (C=O) groups excluding carboxylic acids is 1. The van der Waals surface area contributed by atoms with Crippen molar-refractivity contribution in [2.45, 2.75) is 17.7 Å². The summed E-state index contributed by atoms with van der Waals surface area (Å²) >= 11 is 6.97. The van der Waals surface area contributed by atoms with E-state index in [9.17, 15) is 18.3 Å². The molecule has 0 unspecified atom stereocenters. The lowest BCUT2D eigenvalue weighted by molar-refractivity contribution is 0.0647. The number of amides is 1. The van der Waals surface area contributed by atoms with Crippen molar-refractivity contribution in [3.8, 4) is 0 Å². The van der Waals surface area contributed by atoms with Gasteiger partial charge < -0.3 is 10.0 Å². The topological polar surface area (TPSA) is 112 Å². The normalized spacial score (nSPS) is 15.8. The Balaban J connectivity index is 1.90. The second kappa shape index (κ2) is 7.87. The van der Waals surface area contributed by atoms with Crippen molar-refractivity contribution in [2.24, 2.45) is 5.92 Å². The van der Waals surface area contributed by atoms with Crippen LogP contribution in [0.1, 0.15) is 23.2 Å². The van der Waals surface area contributed by atoms with Gasteiger partial charge in [-0.3, -0.25) is 9.52 Å². The number of likely N-dealkylation sites (tertiary alicyclic amines) is 1. The number of sulfonamides is 1. The van der Waals surface area contributed by atoms with Gasteiger partial charge in [0.15, 0.2) is 5.82 Å². The smallest absolute Gasteiger partial charge is 0.263 e. The van der Waals surface area contributed by atoms with Gasteiger partial charge in [-0.2, -0.15) is 0 Å². The quantitative estimate of drug-likeness (QED) is 0.768. The average Bonchev–Trinajstić information content (AvgIpc) is 3.13. The molecule has 1 fully saturated rings. The van der Waals surface area contributed by atoms with Gasteiger partial charge in [0.1, 0.15) is 4.90 Å². The van der Waals surface area contributed by atoms with Gasteiger partial charge in [-0.05, 0) is 48.5 Å². The molecule has 0 bridgehead atoms. The number of hydrogen-bond acceptors (Lipinski definition) is 7. The maximum absolute atomic E-state index is 12.9. The molecule has 1 aliphatic rings. The molecule has 1 aliphatic heterocycles. The Hall–Kier alpha value is -1.75. The Morgan fingerprint density at radius 2 is 2.12 bits per heavy atom. The third-order valence-corrected chi connectivity index (χ3v) is 6.36. The zero-order valence-corrected chi connectivity index (χ0v) is 16.0. The van der Waals surface area contributed by atoms with Gasteiger partial charge in [0.2, 0.25) is 0 Å². The van der Waals surface area contributed by atoms with Gasteiger partial charge in [-0.25, -0.2) is 8.42 Å². The molecule has 0 radical (unpaired) electrons. The van der Waals surface area contributed by atoms with Crippen LogP contribution in [0.5, 0.6) is 0 Å². The van der Waals surface area contributed by atoms with Crippen LogP contribution in [0, 0.1) is 5.92 Å². The maximum atomic E-state index is 12.9. The molecular weight excluding hydrogens is 400 g/mol. The summed E-state index contributed by atoms with van der Waals surface area (Å²) in [5.41, 5.74) is 0.0486. The largest absolute Gasteiger partial charge is 0.396 e. The van der Waals surface area contributed by atoms with Crippen molar-refractivity contribution in [1.29, 1.82) is 0 Å². The van der Waals surface area contributed by atoms with Crippen LogP contribution in [-0.4, -0.2) is 53.6 Å². The van der Waals surface area contributed by atoms with E-state index in [2.05, 4.69) is 14.3 Å². The first-order chi connectivity index (χ1) is 12.4.